The highest BCUT2D eigenvalue weighted by molar-refractivity contribution is 6.05. The van der Waals surface area contributed by atoms with Crippen LogP contribution in [-0.4, -0.2) is 38.8 Å². The van der Waals surface area contributed by atoms with Crippen LogP contribution < -0.4 is 10.1 Å². The number of anilines is 1. The quantitative estimate of drug-likeness (QED) is 0.208. The third kappa shape index (κ3) is 4.87. The number of allylic oxidation sites excluding steroid dienone is 1. The van der Waals surface area contributed by atoms with Crippen LogP contribution in [0, 0.1) is 17.5 Å². The Hall–Kier alpha value is -6.10. The van der Waals surface area contributed by atoms with Crippen LogP contribution in [0.4, 0.5) is 18.9 Å². The van der Waals surface area contributed by atoms with Gasteiger partial charge in [0.25, 0.3) is 5.91 Å². The van der Waals surface area contributed by atoms with Crippen LogP contribution >= 0.6 is 0 Å². The van der Waals surface area contributed by atoms with Crippen LogP contribution in [0.3, 0.4) is 0 Å². The summed E-state index contributed by atoms with van der Waals surface area (Å²) in [5.41, 5.74) is 2.02. The zero-order chi connectivity index (χ0) is 31.8. The van der Waals surface area contributed by atoms with Gasteiger partial charge in [-0.3, -0.25) is 9.79 Å². The van der Waals surface area contributed by atoms with Crippen molar-refractivity contribution < 1.29 is 22.7 Å². The minimum Gasteiger partial charge on any atom is -0.494 e. The van der Waals surface area contributed by atoms with Crippen molar-refractivity contribution in [3.05, 3.63) is 144 Å². The van der Waals surface area contributed by atoms with Crippen LogP contribution in [0.5, 0.6) is 5.75 Å². The Balaban J connectivity index is 1.33. The predicted molar refractivity (Wildman–Crippen MR) is 167 cm³/mol. The Bertz CT molecular complexity index is 2180. The molecule has 0 bridgehead atoms. The summed E-state index contributed by atoms with van der Waals surface area (Å²) < 4.78 is 50.2. The number of rotatable bonds is 7. The molecular formula is C35H23F3N6O2. The van der Waals surface area contributed by atoms with Crippen LogP contribution in [0.1, 0.15) is 21.7 Å². The largest absolute Gasteiger partial charge is 0.494 e. The summed E-state index contributed by atoms with van der Waals surface area (Å²) in [4.78, 5) is 27.0. The van der Waals surface area contributed by atoms with E-state index < -0.39 is 34.5 Å². The molecule has 3 aromatic carbocycles. The van der Waals surface area contributed by atoms with E-state index in [-0.39, 0.29) is 5.75 Å². The van der Waals surface area contributed by atoms with E-state index in [1.807, 2.05) is 18.2 Å². The van der Waals surface area contributed by atoms with Crippen molar-refractivity contribution in [1.82, 2.24) is 19.6 Å². The number of aromatic nitrogens is 4. The summed E-state index contributed by atoms with van der Waals surface area (Å²) >= 11 is 0. The Morgan fingerprint density at radius 3 is 2.50 bits per heavy atom. The Morgan fingerprint density at radius 2 is 1.74 bits per heavy atom. The second-order valence-electron chi connectivity index (χ2n) is 10.4. The van der Waals surface area contributed by atoms with Gasteiger partial charge in [0, 0.05) is 29.9 Å². The molecule has 1 unspecified atom stereocenters. The summed E-state index contributed by atoms with van der Waals surface area (Å²) in [7, 11) is 1.40. The van der Waals surface area contributed by atoms with Gasteiger partial charge in [-0.05, 0) is 72.3 Å². The predicted octanol–water partition coefficient (Wildman–Crippen LogP) is 7.02. The molecule has 0 radical (unpaired) electrons. The second-order valence-corrected chi connectivity index (χ2v) is 10.4. The lowest BCUT2D eigenvalue weighted by atomic mass is 9.89. The first-order valence-corrected chi connectivity index (χ1v) is 14.1. The topological polar surface area (TPSA) is 93.8 Å². The van der Waals surface area contributed by atoms with Gasteiger partial charge in [-0.1, -0.05) is 30.3 Å². The summed E-state index contributed by atoms with van der Waals surface area (Å²) in [6.45, 7) is 0. The summed E-state index contributed by atoms with van der Waals surface area (Å²) in [6, 6.07) is 22.0. The molecule has 0 saturated heterocycles. The van der Waals surface area contributed by atoms with Crippen LogP contribution in [0.15, 0.2) is 114 Å². The fraction of sp³-hybridized carbons (Fsp3) is 0.0571. The van der Waals surface area contributed by atoms with E-state index in [2.05, 4.69) is 15.3 Å². The number of hydrogen-bond acceptors (Lipinski definition) is 6. The number of carbonyl (C=O) groups excluding carboxylic acids is 1. The van der Waals surface area contributed by atoms with E-state index >= 15 is 0 Å². The van der Waals surface area contributed by atoms with E-state index in [1.54, 1.807) is 71.7 Å². The van der Waals surface area contributed by atoms with E-state index in [0.717, 1.165) is 17.6 Å². The minimum atomic E-state index is -1.18. The number of nitrogens with zero attached hydrogens (tertiary/aromatic N) is 5. The van der Waals surface area contributed by atoms with E-state index in [4.69, 9.17) is 14.8 Å². The number of amides is 1. The maximum atomic E-state index is 14.8. The molecular weight excluding hydrogens is 593 g/mol. The molecule has 8 nitrogen and oxygen atoms in total. The molecule has 3 aromatic heterocycles. The normalized spacial score (nSPS) is 15.4. The SMILES string of the molecule is COc1ccc(C2(c3nccc(-c4c(-c5cccc(NC(=O)c6c(F)cccc6F)c5)nn5ccccc45)n3)C=CC=N2)cc1F. The third-order valence-electron chi connectivity index (χ3n) is 7.67. The maximum absolute atomic E-state index is 14.8. The maximum Gasteiger partial charge on any atom is 0.261 e. The number of hydrogen-bond donors (Lipinski definition) is 1. The summed E-state index contributed by atoms with van der Waals surface area (Å²) in [6.07, 6.45) is 8.58. The van der Waals surface area contributed by atoms with Gasteiger partial charge < -0.3 is 10.1 Å². The zero-order valence-corrected chi connectivity index (χ0v) is 24.2. The van der Waals surface area contributed by atoms with Gasteiger partial charge in [0.15, 0.2) is 22.9 Å². The standard InChI is InChI=1S/C35H23F3N6O2/c1-46-29-13-12-22(20-26(29)38)35(15-6-16-40-35)34-39-17-14-27(42-34)31-28-11-2-3-18-44(28)43-32(31)21-7-4-8-23(19-21)41-33(45)30-24(36)9-5-10-25(30)37/h2-20H,1H3,(H,41,45). The molecule has 0 spiro atoms. The van der Waals surface area contributed by atoms with Crippen LogP contribution in [-0.2, 0) is 5.54 Å². The highest BCUT2D eigenvalue weighted by Crippen LogP contribution is 2.40. The number of aliphatic imine (C=N–C) groups is 1. The van der Waals surface area contributed by atoms with Gasteiger partial charge in [-0.2, -0.15) is 5.10 Å². The fourth-order valence-electron chi connectivity index (χ4n) is 5.51. The lowest BCUT2D eigenvalue weighted by Gasteiger charge is -2.24. The van der Waals surface area contributed by atoms with E-state index in [0.29, 0.717) is 39.6 Å². The van der Waals surface area contributed by atoms with Gasteiger partial charge in [-0.15, -0.1) is 0 Å². The average Bonchev–Trinajstić information content (AvgIpc) is 3.72. The average molecular weight is 617 g/mol. The number of carbonyl (C=O) groups is 1. The molecule has 0 saturated carbocycles. The number of methoxy groups -OCH3 is 1. The highest BCUT2D eigenvalue weighted by Gasteiger charge is 2.37. The first-order chi connectivity index (χ1) is 22.4. The highest BCUT2D eigenvalue weighted by atomic mass is 19.1. The zero-order valence-electron chi connectivity index (χ0n) is 24.2. The van der Waals surface area contributed by atoms with Crippen LogP contribution in [0.25, 0.3) is 28.0 Å². The number of benzene rings is 3. The number of pyridine rings is 1. The molecule has 4 heterocycles. The molecule has 1 amide bonds. The Labute approximate surface area is 260 Å². The lowest BCUT2D eigenvalue weighted by Crippen LogP contribution is -2.24. The molecule has 0 aliphatic carbocycles. The minimum absolute atomic E-state index is 0.105. The molecule has 226 valence electrons. The smallest absolute Gasteiger partial charge is 0.261 e. The van der Waals surface area contributed by atoms with Gasteiger partial charge in [0.05, 0.1) is 23.9 Å². The molecule has 1 aliphatic heterocycles. The van der Waals surface area contributed by atoms with Crippen molar-refractivity contribution in [1.29, 1.82) is 0 Å². The van der Waals surface area contributed by atoms with Crippen molar-refractivity contribution in [2.45, 2.75) is 5.54 Å². The first kappa shape index (κ1) is 28.7. The molecule has 1 aliphatic rings. The first-order valence-electron chi connectivity index (χ1n) is 14.1. The van der Waals surface area contributed by atoms with Crippen molar-refractivity contribution in [2.24, 2.45) is 4.99 Å². The third-order valence-corrected chi connectivity index (χ3v) is 7.67. The number of halogens is 3. The Morgan fingerprint density at radius 1 is 0.913 bits per heavy atom. The van der Waals surface area contributed by atoms with Crippen molar-refractivity contribution in [3.63, 3.8) is 0 Å². The van der Waals surface area contributed by atoms with Gasteiger partial charge in [-0.25, -0.2) is 27.7 Å². The molecule has 1 atom stereocenters. The second kappa shape index (κ2) is 11.4. The van der Waals surface area contributed by atoms with Crippen LogP contribution in [0.2, 0.25) is 0 Å². The number of nitrogens with one attached hydrogen (secondary N) is 1. The molecule has 11 heteroatoms. The van der Waals surface area contributed by atoms with Crippen molar-refractivity contribution >= 4 is 23.3 Å². The fourth-order valence-corrected chi connectivity index (χ4v) is 5.51. The summed E-state index contributed by atoms with van der Waals surface area (Å²) in [5.74, 6) is -2.98. The van der Waals surface area contributed by atoms with Gasteiger partial charge in [0.2, 0.25) is 0 Å². The van der Waals surface area contributed by atoms with Gasteiger partial charge >= 0.3 is 0 Å². The number of fused-ring (bicyclic) bond motifs is 1. The molecule has 7 rings (SSSR count). The molecule has 1 N–H and O–H groups in total. The van der Waals surface area contributed by atoms with E-state index in [1.165, 1.54) is 25.3 Å². The molecule has 0 fully saturated rings. The van der Waals surface area contributed by atoms with Crippen molar-refractivity contribution in [2.75, 3.05) is 12.4 Å². The molecule has 6 aromatic rings. The Kier molecular flexibility index (Phi) is 7.12. The van der Waals surface area contributed by atoms with Gasteiger partial charge in [0.1, 0.15) is 22.9 Å². The summed E-state index contributed by atoms with van der Waals surface area (Å²) in [5, 5.41) is 7.40. The van der Waals surface area contributed by atoms with E-state index in [9.17, 15) is 18.0 Å². The molecule has 46 heavy (non-hydrogen) atoms. The van der Waals surface area contributed by atoms with Crippen molar-refractivity contribution in [3.8, 4) is 28.3 Å². The number of ether oxygens (including phenoxy) is 1. The lowest BCUT2D eigenvalue weighted by molar-refractivity contribution is 0.101. The monoisotopic (exact) mass is 616 g/mol.